The van der Waals surface area contributed by atoms with Crippen LogP contribution in [0.5, 0.6) is 0 Å². The smallest absolute Gasteiger partial charge is 0.310 e. The van der Waals surface area contributed by atoms with Crippen molar-refractivity contribution >= 4 is 5.97 Å². The summed E-state index contributed by atoms with van der Waals surface area (Å²) in [7, 11) is 0. The van der Waals surface area contributed by atoms with E-state index in [2.05, 4.69) is 9.72 Å². The molecule has 0 unspecified atom stereocenters. The molecule has 1 aromatic heterocycles. The lowest BCUT2D eigenvalue weighted by Crippen LogP contribution is -2.19. The summed E-state index contributed by atoms with van der Waals surface area (Å²) in [5.41, 5.74) is -1.08. The minimum absolute atomic E-state index is 0.0136. The lowest BCUT2D eigenvalue weighted by molar-refractivity contribution is -0.142. The summed E-state index contributed by atoms with van der Waals surface area (Å²) < 4.78 is 30.0. The number of alkyl halides is 2. The Kier molecular flexibility index (Phi) is 4.37. The number of halogens is 2. The highest BCUT2D eigenvalue weighted by molar-refractivity contribution is 5.73. The van der Waals surface area contributed by atoms with Gasteiger partial charge in [-0.3, -0.25) is 9.59 Å². The maximum Gasteiger partial charge on any atom is 0.310 e. The van der Waals surface area contributed by atoms with Gasteiger partial charge in [0.2, 0.25) is 0 Å². The first kappa shape index (κ1) is 13.3. The van der Waals surface area contributed by atoms with Crippen molar-refractivity contribution in [2.75, 3.05) is 6.61 Å². The predicted molar refractivity (Wildman–Crippen MR) is 57.1 cm³/mol. The molecule has 1 N–H and O–H groups in total. The number of esters is 1. The number of aromatic nitrogens is 1. The Hall–Kier alpha value is -1.72. The van der Waals surface area contributed by atoms with Crippen LogP contribution in [0.25, 0.3) is 0 Å². The molecule has 0 aliphatic rings. The number of carbonyl (C=O) groups excluding carboxylic acids is 1. The molecule has 94 valence electrons. The number of carbonyl (C=O) groups is 1. The molecular formula is C11H13F2NO3. The summed E-state index contributed by atoms with van der Waals surface area (Å²) in [4.78, 5) is 24.9. The number of ether oxygens (including phenoxy) is 1. The Balaban J connectivity index is 3.12. The highest BCUT2D eigenvalue weighted by Crippen LogP contribution is 2.20. The van der Waals surface area contributed by atoms with Gasteiger partial charge in [0, 0.05) is 5.69 Å². The van der Waals surface area contributed by atoms with Crippen LogP contribution in [0.4, 0.5) is 8.78 Å². The largest absolute Gasteiger partial charge is 0.466 e. The van der Waals surface area contributed by atoms with E-state index in [1.54, 1.807) is 13.8 Å². The first-order valence-corrected chi connectivity index (χ1v) is 5.12. The topological polar surface area (TPSA) is 59.2 Å². The van der Waals surface area contributed by atoms with Crippen LogP contribution in [0.1, 0.15) is 30.2 Å². The van der Waals surface area contributed by atoms with Crippen molar-refractivity contribution in [3.63, 3.8) is 0 Å². The number of nitrogens with one attached hydrogen (secondary N) is 1. The summed E-state index contributed by atoms with van der Waals surface area (Å²) >= 11 is 0. The van der Waals surface area contributed by atoms with E-state index in [4.69, 9.17) is 0 Å². The molecule has 0 saturated carbocycles. The van der Waals surface area contributed by atoms with Gasteiger partial charge < -0.3 is 9.72 Å². The average Bonchev–Trinajstić information content (AvgIpc) is 2.15. The third-order valence-electron chi connectivity index (χ3n) is 2.15. The number of H-pyrrole nitrogens is 1. The summed E-state index contributed by atoms with van der Waals surface area (Å²) in [6, 6.07) is 1.36. The average molecular weight is 245 g/mol. The fraction of sp³-hybridized carbons (Fsp3) is 0.455. The maximum absolute atomic E-state index is 12.7. The molecule has 1 aromatic rings. The standard InChI is InChI=1S/C11H13F2NO3/c1-3-17-8(15)5-7-4-6(2)14-11(16)9(7)10(12)13/h4,10H,3,5H2,1-2H3,(H,14,16). The van der Waals surface area contributed by atoms with Gasteiger partial charge in [-0.15, -0.1) is 0 Å². The summed E-state index contributed by atoms with van der Waals surface area (Å²) in [5, 5.41) is 0. The normalized spacial score (nSPS) is 10.6. The first-order chi connectivity index (χ1) is 7.95. The van der Waals surface area contributed by atoms with Crippen molar-refractivity contribution in [1.29, 1.82) is 0 Å². The van der Waals surface area contributed by atoms with Gasteiger partial charge >= 0.3 is 5.97 Å². The fourth-order valence-electron chi connectivity index (χ4n) is 1.52. The predicted octanol–water partition coefficient (Wildman–Crippen LogP) is 1.73. The van der Waals surface area contributed by atoms with E-state index in [0.717, 1.165) is 0 Å². The Bertz CT molecular complexity index is 468. The maximum atomic E-state index is 12.7. The Morgan fingerprint density at radius 2 is 2.18 bits per heavy atom. The number of aromatic amines is 1. The van der Waals surface area contributed by atoms with Crippen LogP contribution < -0.4 is 5.56 Å². The second-order valence-electron chi connectivity index (χ2n) is 3.50. The molecule has 17 heavy (non-hydrogen) atoms. The van der Waals surface area contributed by atoms with Gasteiger partial charge in [0.25, 0.3) is 12.0 Å². The molecule has 4 nitrogen and oxygen atoms in total. The third-order valence-corrected chi connectivity index (χ3v) is 2.15. The van der Waals surface area contributed by atoms with E-state index in [1.807, 2.05) is 0 Å². The van der Waals surface area contributed by atoms with Gasteiger partial charge in [-0.25, -0.2) is 8.78 Å². The van der Waals surface area contributed by atoms with E-state index in [9.17, 15) is 18.4 Å². The van der Waals surface area contributed by atoms with Crippen molar-refractivity contribution in [1.82, 2.24) is 4.98 Å². The second kappa shape index (κ2) is 5.56. The lowest BCUT2D eigenvalue weighted by Gasteiger charge is -2.08. The minimum atomic E-state index is -2.91. The van der Waals surface area contributed by atoms with Crippen LogP contribution in [0.2, 0.25) is 0 Å². The number of rotatable bonds is 4. The molecule has 0 radical (unpaired) electrons. The van der Waals surface area contributed by atoms with Gasteiger partial charge in [-0.05, 0) is 25.5 Å². The number of pyridine rings is 1. The third kappa shape index (κ3) is 3.37. The van der Waals surface area contributed by atoms with E-state index in [0.29, 0.717) is 5.69 Å². The Morgan fingerprint density at radius 3 is 2.71 bits per heavy atom. The van der Waals surface area contributed by atoms with Crippen LogP contribution in [0, 0.1) is 6.92 Å². The molecule has 0 saturated heterocycles. The second-order valence-corrected chi connectivity index (χ2v) is 3.50. The van der Waals surface area contributed by atoms with Crippen molar-refractivity contribution in [3.8, 4) is 0 Å². The van der Waals surface area contributed by atoms with Crippen LogP contribution in [0.15, 0.2) is 10.9 Å². The van der Waals surface area contributed by atoms with Crippen molar-refractivity contribution < 1.29 is 18.3 Å². The van der Waals surface area contributed by atoms with Crippen LogP contribution in [0.3, 0.4) is 0 Å². The molecule has 6 heteroatoms. The molecule has 0 aromatic carbocycles. The quantitative estimate of drug-likeness (QED) is 0.822. The van der Waals surface area contributed by atoms with Gasteiger partial charge in [0.1, 0.15) is 0 Å². The molecule has 0 spiro atoms. The number of hydrogen-bond acceptors (Lipinski definition) is 3. The van der Waals surface area contributed by atoms with Crippen LogP contribution in [-0.2, 0) is 16.0 Å². The van der Waals surface area contributed by atoms with E-state index in [-0.39, 0.29) is 18.6 Å². The summed E-state index contributed by atoms with van der Waals surface area (Å²) in [6.07, 6.45) is -3.23. The molecule has 0 atom stereocenters. The zero-order chi connectivity index (χ0) is 13.0. The van der Waals surface area contributed by atoms with Gasteiger partial charge in [0.05, 0.1) is 18.6 Å². The first-order valence-electron chi connectivity index (χ1n) is 5.12. The van der Waals surface area contributed by atoms with Crippen LogP contribution in [-0.4, -0.2) is 17.6 Å². The molecule has 0 bridgehead atoms. The summed E-state index contributed by atoms with van der Waals surface area (Å²) in [5.74, 6) is -0.626. The van der Waals surface area contributed by atoms with Gasteiger partial charge in [-0.2, -0.15) is 0 Å². The molecule has 0 fully saturated rings. The molecule has 1 heterocycles. The van der Waals surface area contributed by atoms with Crippen molar-refractivity contribution in [2.24, 2.45) is 0 Å². The van der Waals surface area contributed by atoms with E-state index < -0.39 is 23.5 Å². The minimum Gasteiger partial charge on any atom is -0.466 e. The van der Waals surface area contributed by atoms with Crippen LogP contribution >= 0.6 is 0 Å². The molecular weight excluding hydrogens is 232 g/mol. The zero-order valence-electron chi connectivity index (χ0n) is 9.55. The highest BCUT2D eigenvalue weighted by atomic mass is 19.3. The van der Waals surface area contributed by atoms with E-state index in [1.165, 1.54) is 6.07 Å². The highest BCUT2D eigenvalue weighted by Gasteiger charge is 2.20. The van der Waals surface area contributed by atoms with Crippen molar-refractivity contribution in [3.05, 3.63) is 33.2 Å². The molecule has 0 aliphatic carbocycles. The summed E-state index contributed by atoms with van der Waals surface area (Å²) in [6.45, 7) is 3.35. The zero-order valence-corrected chi connectivity index (χ0v) is 9.55. The molecule has 0 aliphatic heterocycles. The monoisotopic (exact) mass is 245 g/mol. The molecule has 0 amide bonds. The van der Waals surface area contributed by atoms with E-state index >= 15 is 0 Å². The Morgan fingerprint density at radius 1 is 1.53 bits per heavy atom. The lowest BCUT2D eigenvalue weighted by atomic mass is 10.1. The molecule has 1 rings (SSSR count). The van der Waals surface area contributed by atoms with Crippen molar-refractivity contribution in [2.45, 2.75) is 26.7 Å². The number of hydrogen-bond donors (Lipinski definition) is 1. The number of aryl methyl sites for hydroxylation is 1. The Labute approximate surface area is 96.6 Å². The SMILES string of the molecule is CCOC(=O)Cc1cc(C)[nH]c(=O)c1C(F)F. The van der Waals surface area contributed by atoms with Gasteiger partial charge in [-0.1, -0.05) is 0 Å². The fourth-order valence-corrected chi connectivity index (χ4v) is 1.52. The van der Waals surface area contributed by atoms with Gasteiger partial charge in [0.15, 0.2) is 0 Å².